The molecule has 0 spiro atoms. The molecule has 0 amide bonds. The number of hydrogen-bond acceptors (Lipinski definition) is 5. The van der Waals surface area contributed by atoms with Gasteiger partial charge in [0.25, 0.3) is 20.2 Å². The highest BCUT2D eigenvalue weighted by atomic mass is 35.5. The van der Waals surface area contributed by atoms with E-state index in [1.807, 2.05) is 0 Å². The van der Waals surface area contributed by atoms with Crippen molar-refractivity contribution >= 4 is 43.2 Å². The summed E-state index contributed by atoms with van der Waals surface area (Å²) in [4.78, 5) is 0. The van der Waals surface area contributed by atoms with E-state index in [9.17, 15) is 16.8 Å². The molecule has 0 N–H and O–H groups in total. The molecule has 1 saturated heterocycles. The molecule has 23 heavy (non-hydrogen) atoms. The van der Waals surface area contributed by atoms with Crippen LogP contribution in [0.2, 0.25) is 4.34 Å². The smallest absolute Gasteiger partial charge is 0.206 e. The molecule has 0 aliphatic carbocycles. The first-order valence-corrected chi connectivity index (χ1v) is 11.3. The maximum absolute atomic E-state index is 12.5. The Morgan fingerprint density at radius 2 is 1.57 bits per heavy atom. The van der Waals surface area contributed by atoms with Crippen molar-refractivity contribution in [2.75, 3.05) is 39.3 Å². The van der Waals surface area contributed by atoms with Gasteiger partial charge in [0, 0.05) is 39.3 Å². The monoisotopic (exact) mass is 401 g/mol. The minimum Gasteiger partial charge on any atom is -0.206 e. The minimum atomic E-state index is -3.61. The summed E-state index contributed by atoms with van der Waals surface area (Å²) >= 11 is 6.80. The average Bonchev–Trinajstić information content (AvgIpc) is 2.96. The molecule has 1 aromatic heterocycles. The van der Waals surface area contributed by atoms with Crippen LogP contribution >= 0.6 is 22.9 Å². The summed E-state index contributed by atoms with van der Waals surface area (Å²) < 4.78 is 54.5. The van der Waals surface area contributed by atoms with Gasteiger partial charge in [0.15, 0.2) is 0 Å². The van der Waals surface area contributed by atoms with Gasteiger partial charge in [0.2, 0.25) is 0 Å². The quantitative estimate of drug-likeness (QED) is 0.719. The molecule has 0 bridgehead atoms. The Morgan fingerprint density at radius 3 is 2.00 bits per heavy atom. The van der Waals surface area contributed by atoms with Crippen LogP contribution in [0.3, 0.4) is 0 Å². The van der Waals surface area contributed by atoms with Gasteiger partial charge < -0.3 is 0 Å². The fourth-order valence-corrected chi connectivity index (χ4v) is 7.08. The summed E-state index contributed by atoms with van der Waals surface area (Å²) in [6.45, 7) is 4.92. The van der Waals surface area contributed by atoms with Crippen molar-refractivity contribution in [3.05, 3.63) is 16.5 Å². The normalized spacial score (nSPS) is 18.6. The van der Waals surface area contributed by atoms with Crippen LogP contribution in [0, 0.1) is 0 Å². The van der Waals surface area contributed by atoms with Crippen LogP contribution in [0.5, 0.6) is 0 Å². The molecule has 2 rings (SSSR count). The maximum atomic E-state index is 12.5. The van der Waals surface area contributed by atoms with Crippen molar-refractivity contribution in [1.29, 1.82) is 0 Å². The van der Waals surface area contributed by atoms with Crippen molar-refractivity contribution in [2.45, 2.75) is 18.1 Å². The van der Waals surface area contributed by atoms with Crippen LogP contribution in [-0.4, -0.2) is 69.0 Å². The van der Waals surface area contributed by atoms with Gasteiger partial charge >= 0.3 is 0 Å². The lowest BCUT2D eigenvalue weighted by Gasteiger charge is -2.35. The number of nitrogens with zero attached hydrogens (tertiary/aromatic N) is 3. The highest BCUT2D eigenvalue weighted by Gasteiger charge is 2.35. The zero-order valence-corrected chi connectivity index (χ0v) is 16.2. The van der Waals surface area contributed by atoms with Crippen molar-refractivity contribution in [3.8, 4) is 0 Å². The van der Waals surface area contributed by atoms with E-state index in [0.29, 0.717) is 17.4 Å². The number of rotatable bonds is 6. The Hall–Kier alpha value is -0.230. The predicted octanol–water partition coefficient (Wildman–Crippen LogP) is 1.29. The van der Waals surface area contributed by atoms with Gasteiger partial charge in [-0.2, -0.15) is 21.3 Å². The van der Waals surface area contributed by atoms with Crippen LogP contribution in [-0.2, 0) is 20.2 Å². The topological polar surface area (TPSA) is 78.0 Å². The highest BCUT2D eigenvalue weighted by molar-refractivity contribution is 7.91. The molecule has 1 aliphatic heterocycles. The molecular weight excluding hydrogens is 382 g/mol. The third kappa shape index (κ3) is 3.89. The third-order valence-corrected chi connectivity index (χ3v) is 9.48. The summed E-state index contributed by atoms with van der Waals surface area (Å²) in [5.41, 5.74) is 0. The first-order valence-electron chi connectivity index (χ1n) is 7.24. The maximum Gasteiger partial charge on any atom is 0.282 e. The molecule has 11 heteroatoms. The molecule has 0 unspecified atom stereocenters. The Morgan fingerprint density at radius 1 is 1.04 bits per heavy atom. The van der Waals surface area contributed by atoms with Crippen LogP contribution in [0.4, 0.5) is 0 Å². The number of piperazine rings is 1. The Kier molecular flexibility index (Phi) is 6.10. The van der Waals surface area contributed by atoms with Crippen LogP contribution in [0.15, 0.2) is 16.3 Å². The number of sulfonamides is 1. The highest BCUT2D eigenvalue weighted by Crippen LogP contribution is 2.28. The van der Waals surface area contributed by atoms with E-state index in [1.165, 1.54) is 19.0 Å². The van der Waals surface area contributed by atoms with E-state index in [4.69, 9.17) is 11.6 Å². The lowest BCUT2D eigenvalue weighted by Crippen LogP contribution is -2.54. The van der Waals surface area contributed by atoms with E-state index < -0.39 is 20.2 Å². The molecule has 1 fully saturated rings. The lowest BCUT2D eigenvalue weighted by atomic mass is 10.4. The molecule has 0 saturated carbocycles. The average molecular weight is 402 g/mol. The molecular formula is C12H20ClN3O4S3. The molecule has 1 aromatic rings. The molecule has 0 radical (unpaired) electrons. The second-order valence-electron chi connectivity index (χ2n) is 4.95. The molecule has 2 heterocycles. The summed E-state index contributed by atoms with van der Waals surface area (Å²) in [6.07, 6.45) is 0. The standard InChI is InChI=1S/C12H20ClN3O4S3/c1-3-14(4-2)23(19,20)16-9-7-15(8-10-16)22(17,18)12-6-5-11(13)21-12/h5-6H,3-4,7-10H2,1-2H3. The Bertz CT molecular complexity index is 735. The predicted molar refractivity (Wildman–Crippen MR) is 91.5 cm³/mol. The second kappa shape index (κ2) is 7.34. The minimum absolute atomic E-state index is 0.137. The van der Waals surface area contributed by atoms with Crippen molar-refractivity contribution in [1.82, 2.24) is 12.9 Å². The van der Waals surface area contributed by atoms with E-state index in [-0.39, 0.29) is 30.4 Å². The molecule has 1 aliphatic rings. The summed E-state index contributed by atoms with van der Waals surface area (Å²) in [5, 5.41) is 0. The lowest BCUT2D eigenvalue weighted by molar-refractivity contribution is 0.256. The van der Waals surface area contributed by atoms with E-state index >= 15 is 0 Å². The van der Waals surface area contributed by atoms with Gasteiger partial charge in [-0.1, -0.05) is 25.4 Å². The Balaban J connectivity index is 2.10. The van der Waals surface area contributed by atoms with E-state index in [2.05, 4.69) is 0 Å². The van der Waals surface area contributed by atoms with Crippen LogP contribution < -0.4 is 0 Å². The SMILES string of the molecule is CCN(CC)S(=O)(=O)N1CCN(S(=O)(=O)c2ccc(Cl)s2)CC1. The van der Waals surface area contributed by atoms with E-state index in [1.54, 1.807) is 19.9 Å². The van der Waals surface area contributed by atoms with Crippen LogP contribution in [0.1, 0.15) is 13.8 Å². The van der Waals surface area contributed by atoms with Gasteiger partial charge in [-0.25, -0.2) is 8.42 Å². The first kappa shape index (κ1) is 19.1. The van der Waals surface area contributed by atoms with Crippen molar-refractivity contribution in [3.63, 3.8) is 0 Å². The fourth-order valence-electron chi connectivity index (χ4n) is 2.42. The summed E-state index contributed by atoms with van der Waals surface area (Å²) in [5.74, 6) is 0. The zero-order chi connectivity index (χ0) is 17.3. The van der Waals surface area contributed by atoms with Crippen LogP contribution in [0.25, 0.3) is 0 Å². The summed E-state index contributed by atoms with van der Waals surface area (Å²) in [6, 6.07) is 3.02. The number of thiophene rings is 1. The van der Waals surface area contributed by atoms with Crippen molar-refractivity contribution < 1.29 is 16.8 Å². The molecule has 0 aromatic carbocycles. The van der Waals surface area contributed by atoms with Gasteiger partial charge in [-0.3, -0.25) is 0 Å². The molecule has 132 valence electrons. The fraction of sp³-hybridized carbons (Fsp3) is 0.667. The Labute approximate surface area is 146 Å². The van der Waals surface area contributed by atoms with Gasteiger partial charge in [-0.05, 0) is 12.1 Å². The second-order valence-corrected chi connectivity index (χ2v) is 10.8. The molecule has 7 nitrogen and oxygen atoms in total. The third-order valence-electron chi connectivity index (χ3n) is 3.70. The van der Waals surface area contributed by atoms with Gasteiger partial charge in [0.1, 0.15) is 4.21 Å². The van der Waals surface area contributed by atoms with E-state index in [0.717, 1.165) is 11.3 Å². The van der Waals surface area contributed by atoms with Crippen molar-refractivity contribution in [2.24, 2.45) is 0 Å². The summed E-state index contributed by atoms with van der Waals surface area (Å²) in [7, 11) is -7.14. The first-order chi connectivity index (χ1) is 10.7. The zero-order valence-electron chi connectivity index (χ0n) is 13.0. The molecule has 0 atom stereocenters. The number of hydrogen-bond donors (Lipinski definition) is 0. The number of halogens is 1. The largest absolute Gasteiger partial charge is 0.282 e. The van der Waals surface area contributed by atoms with Gasteiger partial charge in [0.05, 0.1) is 4.34 Å². The van der Waals surface area contributed by atoms with Gasteiger partial charge in [-0.15, -0.1) is 11.3 Å².